The molecule has 0 aliphatic carbocycles. The zero-order valence-electron chi connectivity index (χ0n) is 11.4. The summed E-state index contributed by atoms with van der Waals surface area (Å²) in [7, 11) is 0. The molecule has 0 spiro atoms. The van der Waals surface area contributed by atoms with E-state index in [0.29, 0.717) is 0 Å². The van der Waals surface area contributed by atoms with Gasteiger partial charge in [-0.25, -0.2) is 0 Å². The van der Waals surface area contributed by atoms with E-state index in [9.17, 15) is 0 Å². The summed E-state index contributed by atoms with van der Waals surface area (Å²) in [5, 5.41) is 0. The van der Waals surface area contributed by atoms with Crippen LogP contribution in [0.5, 0.6) is 0 Å². The normalized spacial score (nSPS) is 11.3. The lowest BCUT2D eigenvalue weighted by Gasteiger charge is -1.99. The van der Waals surface area contributed by atoms with Gasteiger partial charge in [-0.2, -0.15) is 0 Å². The van der Waals surface area contributed by atoms with Crippen molar-refractivity contribution in [2.45, 2.75) is 33.1 Å². The zero-order chi connectivity index (χ0) is 13.2. The molecule has 2 heteroatoms. The molecule has 19 heavy (non-hydrogen) atoms. The van der Waals surface area contributed by atoms with Crippen LogP contribution in [0.4, 0.5) is 0 Å². The predicted molar refractivity (Wildman–Crippen MR) is 88.5 cm³/mol. The van der Waals surface area contributed by atoms with Crippen molar-refractivity contribution in [3.63, 3.8) is 0 Å². The minimum atomic E-state index is 1.11. The van der Waals surface area contributed by atoms with E-state index in [1.54, 1.807) is 0 Å². The van der Waals surface area contributed by atoms with Crippen molar-refractivity contribution in [2.24, 2.45) is 0 Å². The lowest BCUT2D eigenvalue weighted by molar-refractivity contribution is 0.941. The van der Waals surface area contributed by atoms with E-state index >= 15 is 0 Å². The molecule has 0 radical (unpaired) electrons. The Morgan fingerprint density at radius 1 is 0.895 bits per heavy atom. The maximum atomic E-state index is 2.37. The maximum absolute atomic E-state index is 2.37. The van der Waals surface area contributed by atoms with Gasteiger partial charge in [0.15, 0.2) is 0 Å². The largest absolute Gasteiger partial charge is 0.139 e. The average molecular weight is 286 g/mol. The molecular weight excluding hydrogens is 268 g/mol. The van der Waals surface area contributed by atoms with Crippen LogP contribution in [0.3, 0.4) is 0 Å². The third-order valence-corrected chi connectivity index (χ3v) is 5.80. The lowest BCUT2D eigenvalue weighted by Crippen LogP contribution is -1.78. The van der Waals surface area contributed by atoms with Crippen LogP contribution >= 0.6 is 22.7 Å². The fraction of sp³-hybridized carbons (Fsp3) is 0.294. The van der Waals surface area contributed by atoms with Crippen LogP contribution in [-0.4, -0.2) is 0 Å². The van der Waals surface area contributed by atoms with E-state index in [4.69, 9.17) is 0 Å². The molecule has 98 valence electrons. The van der Waals surface area contributed by atoms with Crippen molar-refractivity contribution < 1.29 is 0 Å². The summed E-state index contributed by atoms with van der Waals surface area (Å²) in [5.74, 6) is 0. The van der Waals surface area contributed by atoms with Crippen molar-refractivity contribution in [3.05, 3.63) is 46.8 Å². The van der Waals surface area contributed by atoms with Crippen molar-refractivity contribution in [1.82, 2.24) is 0 Å². The van der Waals surface area contributed by atoms with Crippen molar-refractivity contribution in [1.29, 1.82) is 0 Å². The van der Waals surface area contributed by atoms with Crippen LogP contribution in [0.1, 0.15) is 30.7 Å². The van der Waals surface area contributed by atoms with Gasteiger partial charge < -0.3 is 0 Å². The monoisotopic (exact) mass is 286 g/mol. The van der Waals surface area contributed by atoms with Crippen molar-refractivity contribution in [3.8, 4) is 10.4 Å². The van der Waals surface area contributed by atoms with Crippen LogP contribution in [0, 0.1) is 0 Å². The Balaban J connectivity index is 1.93. The zero-order valence-corrected chi connectivity index (χ0v) is 13.0. The highest BCUT2D eigenvalue weighted by atomic mass is 32.1. The highest BCUT2D eigenvalue weighted by Gasteiger charge is 2.08. The Morgan fingerprint density at radius 2 is 1.63 bits per heavy atom. The molecular formula is C17H18S2. The van der Waals surface area contributed by atoms with Crippen molar-refractivity contribution in [2.75, 3.05) is 0 Å². The first-order valence-corrected chi connectivity index (χ1v) is 8.55. The minimum absolute atomic E-state index is 1.11. The Labute approximate surface area is 122 Å². The second-order valence-electron chi connectivity index (χ2n) is 4.85. The number of benzene rings is 1. The fourth-order valence-electron chi connectivity index (χ4n) is 2.30. The number of thiophene rings is 2. The molecule has 0 bridgehead atoms. The van der Waals surface area contributed by atoms with Gasteiger partial charge in [-0.15, -0.1) is 22.7 Å². The molecule has 2 heterocycles. The van der Waals surface area contributed by atoms with Gasteiger partial charge in [-0.05, 0) is 36.1 Å². The SMILES string of the molecule is CCCc1cc2sc(-c3ccc(CC)cc3)cc2s1. The van der Waals surface area contributed by atoms with E-state index in [0.717, 1.165) is 6.42 Å². The summed E-state index contributed by atoms with van der Waals surface area (Å²) >= 11 is 3.88. The molecule has 0 N–H and O–H groups in total. The molecule has 1 aromatic carbocycles. The van der Waals surface area contributed by atoms with Crippen LogP contribution in [-0.2, 0) is 12.8 Å². The lowest BCUT2D eigenvalue weighted by atomic mass is 10.1. The molecule has 0 aliphatic rings. The molecule has 0 unspecified atom stereocenters. The number of hydrogen-bond donors (Lipinski definition) is 0. The van der Waals surface area contributed by atoms with Gasteiger partial charge in [0.2, 0.25) is 0 Å². The van der Waals surface area contributed by atoms with Crippen LogP contribution in [0.25, 0.3) is 19.8 Å². The topological polar surface area (TPSA) is 0 Å². The highest BCUT2D eigenvalue weighted by Crippen LogP contribution is 2.38. The maximum Gasteiger partial charge on any atom is 0.0460 e. The van der Waals surface area contributed by atoms with E-state index in [1.807, 2.05) is 22.7 Å². The standard InChI is InChI=1S/C17H18S2/c1-3-5-14-10-16-17(18-14)11-15(19-16)13-8-6-12(4-2)7-9-13/h6-11H,3-5H2,1-2H3. The fourth-order valence-corrected chi connectivity index (χ4v) is 4.83. The number of aryl methyl sites for hydroxylation is 2. The molecule has 3 rings (SSSR count). The second-order valence-corrected chi connectivity index (χ2v) is 7.10. The summed E-state index contributed by atoms with van der Waals surface area (Å²) < 4.78 is 2.89. The third-order valence-electron chi connectivity index (χ3n) is 3.40. The van der Waals surface area contributed by atoms with Gasteiger partial charge in [-0.3, -0.25) is 0 Å². The summed E-state index contributed by atoms with van der Waals surface area (Å²) in [6.07, 6.45) is 3.56. The number of hydrogen-bond acceptors (Lipinski definition) is 2. The van der Waals surface area contributed by atoms with Gasteiger partial charge in [0.05, 0.1) is 0 Å². The Bertz CT molecular complexity index is 639. The van der Waals surface area contributed by atoms with Gasteiger partial charge in [-0.1, -0.05) is 44.5 Å². The molecule has 0 nitrogen and oxygen atoms in total. The molecule has 0 fully saturated rings. The van der Waals surface area contributed by atoms with Gasteiger partial charge in [0, 0.05) is 19.2 Å². The summed E-state index contributed by atoms with van der Waals surface area (Å²) in [5.41, 5.74) is 2.76. The number of fused-ring (bicyclic) bond motifs is 1. The molecule has 0 amide bonds. The van der Waals surface area contributed by atoms with Crippen LogP contribution in [0.2, 0.25) is 0 Å². The first-order chi connectivity index (χ1) is 9.30. The van der Waals surface area contributed by atoms with Gasteiger partial charge in [0.25, 0.3) is 0 Å². The van der Waals surface area contributed by atoms with E-state index in [-0.39, 0.29) is 0 Å². The Hall–Kier alpha value is -1.12. The van der Waals surface area contributed by atoms with Gasteiger partial charge in [0.1, 0.15) is 0 Å². The summed E-state index contributed by atoms with van der Waals surface area (Å²) in [6, 6.07) is 13.7. The molecule has 3 aromatic rings. The highest BCUT2D eigenvalue weighted by molar-refractivity contribution is 7.29. The average Bonchev–Trinajstić information content (AvgIpc) is 2.97. The van der Waals surface area contributed by atoms with Gasteiger partial charge >= 0.3 is 0 Å². The predicted octanol–water partition coefficient (Wildman–Crippen LogP) is 6.14. The number of rotatable bonds is 4. The van der Waals surface area contributed by atoms with Crippen LogP contribution in [0.15, 0.2) is 36.4 Å². The Kier molecular flexibility index (Phi) is 3.72. The quantitative estimate of drug-likeness (QED) is 0.540. The second kappa shape index (κ2) is 5.48. The smallest absolute Gasteiger partial charge is 0.0460 e. The summed E-state index contributed by atoms with van der Waals surface area (Å²) in [4.78, 5) is 2.92. The molecule has 0 atom stereocenters. The molecule has 0 aliphatic heterocycles. The molecule has 0 saturated carbocycles. The van der Waals surface area contributed by atoms with E-state index < -0.39 is 0 Å². The van der Waals surface area contributed by atoms with Crippen molar-refractivity contribution >= 4 is 32.1 Å². The summed E-state index contributed by atoms with van der Waals surface area (Å²) in [6.45, 7) is 4.44. The minimum Gasteiger partial charge on any atom is -0.139 e. The van der Waals surface area contributed by atoms with E-state index in [2.05, 4.69) is 50.2 Å². The Morgan fingerprint density at radius 3 is 2.26 bits per heavy atom. The third kappa shape index (κ3) is 2.60. The van der Waals surface area contributed by atoms with Crippen LogP contribution < -0.4 is 0 Å². The molecule has 0 saturated heterocycles. The molecule has 2 aromatic heterocycles. The van der Waals surface area contributed by atoms with E-state index in [1.165, 1.54) is 43.1 Å². The first-order valence-electron chi connectivity index (χ1n) is 6.91. The first kappa shape index (κ1) is 12.9.